The molecule has 1 amide bonds. The molecule has 3 rings (SSSR count). The molecule has 0 spiro atoms. The second kappa shape index (κ2) is 8.30. The smallest absolute Gasteiger partial charge is 0.246 e. The van der Waals surface area contributed by atoms with Crippen LogP contribution in [0.3, 0.4) is 0 Å². The Morgan fingerprint density at radius 3 is 2.58 bits per heavy atom. The minimum atomic E-state index is -0.351. The van der Waals surface area contributed by atoms with Crippen LogP contribution in [0.4, 0.5) is 5.69 Å². The summed E-state index contributed by atoms with van der Waals surface area (Å²) < 4.78 is 0. The standard InChI is InChI=1S/C22H24N2OS/c1-16-9-10-17(2)20(13-16)23-22(25)21(19-7-5-4-6-8-19)24(3)14-18-11-12-26-15-18/h4-13,15,21H,14H2,1-3H3,(H,23,25)/t21-/m1/s1. The molecule has 0 aliphatic carbocycles. The first kappa shape index (κ1) is 18.4. The zero-order valence-corrected chi connectivity index (χ0v) is 16.2. The van der Waals surface area contributed by atoms with Gasteiger partial charge in [-0.3, -0.25) is 9.69 Å². The molecule has 0 aliphatic rings. The summed E-state index contributed by atoms with van der Waals surface area (Å²) in [6.07, 6.45) is 0. The van der Waals surface area contributed by atoms with Gasteiger partial charge in [-0.15, -0.1) is 0 Å². The molecule has 3 aromatic rings. The van der Waals surface area contributed by atoms with Crippen molar-refractivity contribution >= 4 is 22.9 Å². The molecule has 0 saturated carbocycles. The van der Waals surface area contributed by atoms with E-state index in [-0.39, 0.29) is 11.9 Å². The molecule has 1 N–H and O–H groups in total. The summed E-state index contributed by atoms with van der Waals surface area (Å²) in [5.74, 6) is -0.0115. The number of benzene rings is 2. The van der Waals surface area contributed by atoms with E-state index in [1.54, 1.807) is 11.3 Å². The Morgan fingerprint density at radius 2 is 1.88 bits per heavy atom. The Labute approximate surface area is 159 Å². The van der Waals surface area contributed by atoms with Crippen molar-refractivity contribution in [1.29, 1.82) is 0 Å². The highest BCUT2D eigenvalue weighted by molar-refractivity contribution is 7.07. The van der Waals surface area contributed by atoms with Crippen LogP contribution in [0.25, 0.3) is 0 Å². The van der Waals surface area contributed by atoms with Gasteiger partial charge in [-0.2, -0.15) is 11.3 Å². The average Bonchev–Trinajstić information content (AvgIpc) is 3.12. The van der Waals surface area contributed by atoms with Crippen LogP contribution in [0.15, 0.2) is 65.4 Å². The lowest BCUT2D eigenvalue weighted by Crippen LogP contribution is -2.34. The third-order valence-electron chi connectivity index (χ3n) is 4.47. The molecule has 0 radical (unpaired) electrons. The number of thiophene rings is 1. The predicted octanol–water partition coefficient (Wildman–Crippen LogP) is 5.18. The van der Waals surface area contributed by atoms with Gasteiger partial charge in [-0.1, -0.05) is 42.5 Å². The maximum absolute atomic E-state index is 13.2. The van der Waals surface area contributed by atoms with Gasteiger partial charge in [0.25, 0.3) is 0 Å². The first-order chi connectivity index (χ1) is 12.5. The second-order valence-corrected chi connectivity index (χ2v) is 7.45. The molecule has 4 heteroatoms. The number of anilines is 1. The fraction of sp³-hybridized carbons (Fsp3) is 0.227. The molecule has 1 atom stereocenters. The summed E-state index contributed by atoms with van der Waals surface area (Å²) in [6.45, 7) is 4.78. The van der Waals surface area contributed by atoms with Crippen molar-refractivity contribution in [2.45, 2.75) is 26.4 Å². The third-order valence-corrected chi connectivity index (χ3v) is 5.20. The number of hydrogen-bond donors (Lipinski definition) is 1. The van der Waals surface area contributed by atoms with Crippen LogP contribution < -0.4 is 5.32 Å². The number of rotatable bonds is 6. The van der Waals surface area contributed by atoms with Crippen molar-refractivity contribution in [3.63, 3.8) is 0 Å². The molecule has 1 aromatic heterocycles. The Morgan fingerprint density at radius 1 is 1.12 bits per heavy atom. The van der Waals surface area contributed by atoms with Crippen LogP contribution in [0.1, 0.15) is 28.3 Å². The number of carbonyl (C=O) groups is 1. The fourth-order valence-electron chi connectivity index (χ4n) is 3.07. The largest absolute Gasteiger partial charge is 0.324 e. The lowest BCUT2D eigenvalue weighted by atomic mass is 10.0. The fourth-order valence-corrected chi connectivity index (χ4v) is 3.73. The number of likely N-dealkylation sites (N-methyl/N-ethyl adjacent to an activating group) is 1. The monoisotopic (exact) mass is 364 g/mol. The summed E-state index contributed by atoms with van der Waals surface area (Å²) in [6, 6.07) is 17.8. The van der Waals surface area contributed by atoms with Gasteiger partial charge in [0.1, 0.15) is 6.04 Å². The maximum Gasteiger partial charge on any atom is 0.246 e. The van der Waals surface area contributed by atoms with Crippen molar-refractivity contribution < 1.29 is 4.79 Å². The molecule has 2 aromatic carbocycles. The minimum Gasteiger partial charge on any atom is -0.324 e. The SMILES string of the molecule is Cc1ccc(C)c(NC(=O)[C@@H](c2ccccc2)N(C)Cc2ccsc2)c1. The van der Waals surface area contributed by atoms with E-state index >= 15 is 0 Å². The number of amides is 1. The molecule has 0 aliphatic heterocycles. The van der Waals surface area contributed by atoms with Gasteiger partial charge in [0.05, 0.1) is 0 Å². The highest BCUT2D eigenvalue weighted by Crippen LogP contribution is 2.25. The highest BCUT2D eigenvalue weighted by Gasteiger charge is 2.25. The van der Waals surface area contributed by atoms with Crippen molar-refractivity contribution in [1.82, 2.24) is 4.90 Å². The van der Waals surface area contributed by atoms with Gasteiger partial charge in [0.15, 0.2) is 0 Å². The topological polar surface area (TPSA) is 32.3 Å². The van der Waals surface area contributed by atoms with Crippen LogP contribution in [0.5, 0.6) is 0 Å². The first-order valence-electron chi connectivity index (χ1n) is 8.69. The van der Waals surface area contributed by atoms with Crippen LogP contribution in [-0.4, -0.2) is 17.9 Å². The summed E-state index contributed by atoms with van der Waals surface area (Å²) >= 11 is 1.68. The normalized spacial score (nSPS) is 12.2. The molecule has 134 valence electrons. The van der Waals surface area contributed by atoms with Gasteiger partial charge >= 0.3 is 0 Å². The lowest BCUT2D eigenvalue weighted by molar-refractivity contribution is -0.121. The summed E-state index contributed by atoms with van der Waals surface area (Å²) in [4.78, 5) is 15.3. The molecule has 0 saturated heterocycles. The van der Waals surface area contributed by atoms with Gasteiger partial charge in [0.2, 0.25) is 5.91 Å². The van der Waals surface area contributed by atoms with E-state index < -0.39 is 0 Å². The zero-order chi connectivity index (χ0) is 18.5. The number of nitrogens with zero attached hydrogens (tertiary/aromatic N) is 1. The molecular formula is C22H24N2OS. The summed E-state index contributed by atoms with van der Waals surface area (Å²) in [5.41, 5.74) is 5.29. The third kappa shape index (κ3) is 4.40. The maximum atomic E-state index is 13.2. The average molecular weight is 365 g/mol. The molecule has 1 heterocycles. The Bertz CT molecular complexity index is 859. The van der Waals surface area contributed by atoms with Gasteiger partial charge in [0, 0.05) is 12.2 Å². The van der Waals surface area contributed by atoms with Gasteiger partial charge in [-0.25, -0.2) is 0 Å². The minimum absolute atomic E-state index is 0.0115. The van der Waals surface area contributed by atoms with Crippen molar-refractivity contribution in [2.75, 3.05) is 12.4 Å². The van der Waals surface area contributed by atoms with E-state index in [0.29, 0.717) is 0 Å². The first-order valence-corrected chi connectivity index (χ1v) is 9.63. The Kier molecular flexibility index (Phi) is 5.86. The predicted molar refractivity (Wildman–Crippen MR) is 110 cm³/mol. The van der Waals surface area contributed by atoms with E-state index in [0.717, 1.165) is 28.9 Å². The number of carbonyl (C=O) groups excluding carboxylic acids is 1. The molecule has 0 bridgehead atoms. The molecule has 3 nitrogen and oxygen atoms in total. The van der Waals surface area contributed by atoms with Crippen LogP contribution in [0.2, 0.25) is 0 Å². The van der Waals surface area contributed by atoms with Gasteiger partial charge < -0.3 is 5.32 Å². The van der Waals surface area contributed by atoms with E-state index in [4.69, 9.17) is 0 Å². The summed E-state index contributed by atoms with van der Waals surface area (Å²) in [7, 11) is 2.00. The molecular weight excluding hydrogens is 340 g/mol. The molecule has 26 heavy (non-hydrogen) atoms. The van der Waals surface area contributed by atoms with Crippen LogP contribution >= 0.6 is 11.3 Å². The number of hydrogen-bond acceptors (Lipinski definition) is 3. The van der Waals surface area contributed by atoms with Crippen LogP contribution in [-0.2, 0) is 11.3 Å². The highest BCUT2D eigenvalue weighted by atomic mass is 32.1. The second-order valence-electron chi connectivity index (χ2n) is 6.67. The molecule has 0 fully saturated rings. The Balaban J connectivity index is 1.87. The van der Waals surface area contributed by atoms with Crippen molar-refractivity contribution in [2.24, 2.45) is 0 Å². The number of nitrogens with one attached hydrogen (secondary N) is 1. The van der Waals surface area contributed by atoms with Crippen LogP contribution in [0, 0.1) is 13.8 Å². The van der Waals surface area contributed by atoms with Crippen molar-refractivity contribution in [3.8, 4) is 0 Å². The number of aryl methyl sites for hydroxylation is 2. The quantitative estimate of drug-likeness (QED) is 0.654. The van der Waals surface area contributed by atoms with E-state index in [9.17, 15) is 4.79 Å². The van der Waals surface area contributed by atoms with E-state index in [1.165, 1.54) is 5.56 Å². The zero-order valence-electron chi connectivity index (χ0n) is 15.4. The van der Waals surface area contributed by atoms with Crippen molar-refractivity contribution in [3.05, 3.63) is 87.6 Å². The Hall–Kier alpha value is -2.43. The van der Waals surface area contributed by atoms with Gasteiger partial charge in [-0.05, 0) is 66.0 Å². The molecule has 0 unspecified atom stereocenters. The summed E-state index contributed by atoms with van der Waals surface area (Å²) in [5, 5.41) is 7.32. The van der Waals surface area contributed by atoms with E-state index in [2.05, 4.69) is 33.1 Å². The lowest BCUT2D eigenvalue weighted by Gasteiger charge is -2.27. The van der Waals surface area contributed by atoms with E-state index in [1.807, 2.05) is 63.4 Å².